The molecule has 46 heavy (non-hydrogen) atoms. The van der Waals surface area contributed by atoms with Crippen molar-refractivity contribution in [2.24, 2.45) is 5.41 Å². The highest BCUT2D eigenvalue weighted by Gasteiger charge is 2.67. The first-order chi connectivity index (χ1) is 22.2. The van der Waals surface area contributed by atoms with E-state index in [1.54, 1.807) is 0 Å². The van der Waals surface area contributed by atoms with Gasteiger partial charge in [-0.15, -0.1) is 0 Å². The van der Waals surface area contributed by atoms with Crippen LogP contribution in [0.15, 0.2) is 95.8 Å². The zero-order valence-corrected chi connectivity index (χ0v) is 27.0. The number of nitrogens with zero attached hydrogens (tertiary/aromatic N) is 1. The SMILES string of the molecule is Cc1ccccc1CCC1(CCc2ccccc2C)[C@@H]2CC[C@]1(CCc1ccccc1C)c1[nH]n(-c3ccc(F)cc3F)c(=O)c12. The predicted octanol–water partition coefficient (Wildman–Crippen LogP) is 9.38. The van der Waals surface area contributed by atoms with Crippen LogP contribution in [0.25, 0.3) is 5.69 Å². The van der Waals surface area contributed by atoms with Crippen LogP contribution in [0.3, 0.4) is 0 Å². The maximum absolute atomic E-state index is 15.1. The molecule has 0 aliphatic heterocycles. The van der Waals surface area contributed by atoms with Gasteiger partial charge in [0.2, 0.25) is 0 Å². The highest BCUT2D eigenvalue weighted by Crippen LogP contribution is 2.72. The standard InChI is InChI=1S/C41H42F2N2O/c1-27-10-4-7-13-30(27)18-22-40(23-19-31-14-8-5-11-28(31)2)34-21-25-41(40,24-20-32-15-9-6-12-29(32)3)38-37(34)39(46)45(44-38)36-17-16-33(42)26-35(36)43/h4-17,26,34,44H,18-25H2,1-3H3/t34-,41-/m1/s1. The Labute approximate surface area is 270 Å². The number of aromatic nitrogens is 2. The minimum atomic E-state index is -0.742. The third-order valence-corrected chi connectivity index (χ3v) is 11.7. The smallest absolute Gasteiger partial charge is 0.275 e. The number of aromatic amines is 1. The summed E-state index contributed by atoms with van der Waals surface area (Å²) in [5, 5.41) is 3.48. The lowest BCUT2D eigenvalue weighted by Gasteiger charge is -2.45. The first-order valence-electron chi connectivity index (χ1n) is 16.7. The average molecular weight is 617 g/mol. The first kappa shape index (κ1) is 30.4. The summed E-state index contributed by atoms with van der Waals surface area (Å²) < 4.78 is 30.3. The van der Waals surface area contributed by atoms with E-state index < -0.39 is 11.6 Å². The molecule has 1 fully saturated rings. The maximum atomic E-state index is 15.1. The van der Waals surface area contributed by atoms with Gasteiger partial charge in [-0.3, -0.25) is 9.89 Å². The van der Waals surface area contributed by atoms with Crippen LogP contribution < -0.4 is 5.56 Å². The number of nitrogens with one attached hydrogen (secondary N) is 1. The van der Waals surface area contributed by atoms with Gasteiger partial charge in [0.15, 0.2) is 5.82 Å². The second kappa shape index (κ2) is 11.8. The highest BCUT2D eigenvalue weighted by molar-refractivity contribution is 5.49. The fourth-order valence-electron chi connectivity index (χ4n) is 9.20. The normalized spacial score (nSPS) is 19.5. The second-order valence-electron chi connectivity index (χ2n) is 13.7. The zero-order valence-electron chi connectivity index (χ0n) is 27.0. The highest BCUT2D eigenvalue weighted by atomic mass is 19.1. The monoisotopic (exact) mass is 616 g/mol. The molecule has 0 radical (unpaired) electrons. The number of rotatable bonds is 10. The Balaban J connectivity index is 1.38. The van der Waals surface area contributed by atoms with Gasteiger partial charge in [-0.2, -0.15) is 0 Å². The third kappa shape index (κ3) is 4.87. The Morgan fingerprint density at radius 2 is 1.26 bits per heavy atom. The molecule has 2 aliphatic carbocycles. The van der Waals surface area contributed by atoms with Gasteiger partial charge in [0.05, 0.1) is 0 Å². The minimum absolute atomic E-state index is 0.0564. The lowest BCUT2D eigenvalue weighted by molar-refractivity contribution is 0.113. The topological polar surface area (TPSA) is 37.8 Å². The van der Waals surface area contributed by atoms with Crippen molar-refractivity contribution in [3.05, 3.63) is 158 Å². The molecule has 2 aliphatic rings. The van der Waals surface area contributed by atoms with Gasteiger partial charge in [0, 0.05) is 22.7 Å². The lowest BCUT2D eigenvalue weighted by atomic mass is 9.58. The summed E-state index contributed by atoms with van der Waals surface area (Å²) in [7, 11) is 0. The van der Waals surface area contributed by atoms with E-state index in [1.807, 2.05) is 0 Å². The van der Waals surface area contributed by atoms with Gasteiger partial charge in [-0.25, -0.2) is 13.5 Å². The molecule has 4 aromatic carbocycles. The molecule has 1 heterocycles. The summed E-state index contributed by atoms with van der Waals surface area (Å²) in [4.78, 5) is 14.4. The fraction of sp³-hybridized carbons (Fsp3) is 0.341. The van der Waals surface area contributed by atoms with E-state index in [0.717, 1.165) is 68.7 Å². The van der Waals surface area contributed by atoms with Crippen molar-refractivity contribution < 1.29 is 8.78 Å². The summed E-state index contributed by atoms with van der Waals surface area (Å²) in [6, 6.07) is 29.3. The van der Waals surface area contributed by atoms with Crippen molar-refractivity contribution in [2.45, 2.75) is 83.5 Å². The van der Waals surface area contributed by atoms with Crippen LogP contribution in [0.2, 0.25) is 0 Å². The molecule has 0 saturated heterocycles. The molecule has 0 unspecified atom stereocenters. The molecule has 1 saturated carbocycles. The van der Waals surface area contributed by atoms with E-state index in [1.165, 1.54) is 50.2 Å². The number of fused-ring (bicyclic) bond motifs is 5. The molecule has 0 amide bonds. The van der Waals surface area contributed by atoms with Crippen LogP contribution in [0.5, 0.6) is 0 Å². The Morgan fingerprint density at radius 3 is 1.78 bits per heavy atom. The Bertz CT molecular complexity index is 1920. The number of hydrogen-bond acceptors (Lipinski definition) is 1. The molecule has 0 spiro atoms. The van der Waals surface area contributed by atoms with Crippen LogP contribution >= 0.6 is 0 Å². The summed E-state index contributed by atoms with van der Waals surface area (Å²) in [5.41, 5.74) is 9.12. The van der Waals surface area contributed by atoms with Crippen LogP contribution in [-0.2, 0) is 24.7 Å². The molecule has 3 nitrogen and oxygen atoms in total. The van der Waals surface area contributed by atoms with Crippen molar-refractivity contribution in [3.8, 4) is 5.69 Å². The Morgan fingerprint density at radius 1 is 0.739 bits per heavy atom. The van der Waals surface area contributed by atoms with E-state index in [0.29, 0.717) is 0 Å². The molecule has 1 N–H and O–H groups in total. The van der Waals surface area contributed by atoms with Gasteiger partial charge in [0.1, 0.15) is 11.5 Å². The summed E-state index contributed by atoms with van der Waals surface area (Å²) in [6.45, 7) is 6.54. The van der Waals surface area contributed by atoms with E-state index in [9.17, 15) is 9.18 Å². The van der Waals surface area contributed by atoms with Gasteiger partial charge in [-0.1, -0.05) is 72.8 Å². The number of benzene rings is 4. The molecule has 2 atom stereocenters. The molecule has 236 valence electrons. The molecular formula is C41H42F2N2O. The average Bonchev–Trinajstić information content (AvgIpc) is 3.62. The first-order valence-corrected chi connectivity index (χ1v) is 16.7. The molecule has 5 heteroatoms. The molecule has 2 bridgehead atoms. The van der Waals surface area contributed by atoms with E-state index in [-0.39, 0.29) is 28.0 Å². The van der Waals surface area contributed by atoms with Crippen LogP contribution in [0, 0.1) is 37.8 Å². The largest absolute Gasteiger partial charge is 0.294 e. The van der Waals surface area contributed by atoms with Crippen LogP contribution in [0.4, 0.5) is 8.78 Å². The van der Waals surface area contributed by atoms with Gasteiger partial charge in [-0.05, 0) is 129 Å². The van der Waals surface area contributed by atoms with E-state index in [4.69, 9.17) is 0 Å². The predicted molar refractivity (Wildman–Crippen MR) is 181 cm³/mol. The summed E-state index contributed by atoms with van der Waals surface area (Å²) in [6.07, 6.45) is 7.51. The summed E-state index contributed by atoms with van der Waals surface area (Å²) >= 11 is 0. The minimum Gasteiger partial charge on any atom is -0.294 e. The quantitative estimate of drug-likeness (QED) is 0.167. The Kier molecular flexibility index (Phi) is 7.83. The van der Waals surface area contributed by atoms with Crippen molar-refractivity contribution in [1.82, 2.24) is 9.78 Å². The molecular weight excluding hydrogens is 574 g/mol. The number of aryl methyl sites for hydroxylation is 6. The Hall–Kier alpha value is -4.25. The second-order valence-corrected chi connectivity index (χ2v) is 13.7. The third-order valence-electron chi connectivity index (χ3n) is 11.7. The van der Waals surface area contributed by atoms with Gasteiger partial charge in [0.25, 0.3) is 5.56 Å². The van der Waals surface area contributed by atoms with E-state index in [2.05, 4.69) is 98.7 Å². The molecule has 5 aromatic rings. The number of hydrogen-bond donors (Lipinski definition) is 1. The van der Waals surface area contributed by atoms with Crippen molar-refractivity contribution >= 4 is 0 Å². The van der Waals surface area contributed by atoms with Gasteiger partial charge >= 0.3 is 0 Å². The van der Waals surface area contributed by atoms with Crippen LogP contribution in [0.1, 0.15) is 82.7 Å². The summed E-state index contributed by atoms with van der Waals surface area (Å²) in [5.74, 6) is -1.34. The number of halogens is 2. The van der Waals surface area contributed by atoms with E-state index >= 15 is 4.39 Å². The van der Waals surface area contributed by atoms with Crippen molar-refractivity contribution in [3.63, 3.8) is 0 Å². The fourth-order valence-corrected chi connectivity index (χ4v) is 9.20. The maximum Gasteiger partial charge on any atom is 0.275 e. The lowest BCUT2D eigenvalue weighted by Crippen LogP contribution is -2.42. The van der Waals surface area contributed by atoms with Gasteiger partial charge < -0.3 is 0 Å². The molecule has 7 rings (SSSR count). The molecule has 1 aromatic heterocycles. The zero-order chi connectivity index (χ0) is 32.1. The number of H-pyrrole nitrogens is 1. The van der Waals surface area contributed by atoms with Crippen molar-refractivity contribution in [2.75, 3.05) is 0 Å². The van der Waals surface area contributed by atoms with Crippen LogP contribution in [-0.4, -0.2) is 9.78 Å². The van der Waals surface area contributed by atoms with Crippen molar-refractivity contribution in [1.29, 1.82) is 0 Å².